The maximum absolute atomic E-state index is 12.9. The average Bonchev–Trinajstić information content (AvgIpc) is 3.22. The molecule has 2 aromatic carbocycles. The van der Waals surface area contributed by atoms with Gasteiger partial charge in [0.25, 0.3) is 5.91 Å². The normalized spacial score (nSPS) is 15.5. The van der Waals surface area contributed by atoms with Gasteiger partial charge in [0.1, 0.15) is 0 Å². The van der Waals surface area contributed by atoms with E-state index in [0.29, 0.717) is 16.2 Å². The Balaban J connectivity index is 1.83. The molecule has 3 rings (SSSR count). The second kappa shape index (κ2) is 8.87. The SMILES string of the molecule is CC(OC(=O)/C(=C/c1ccccc1)c1ccc(Cl)cc1)C(=O)N1CCCC1. The summed E-state index contributed by atoms with van der Waals surface area (Å²) in [5, 5.41) is 0.587. The van der Waals surface area contributed by atoms with Crippen molar-refractivity contribution in [3.8, 4) is 0 Å². The Morgan fingerprint density at radius 3 is 2.30 bits per heavy atom. The zero-order chi connectivity index (χ0) is 19.2. The molecule has 1 atom stereocenters. The highest BCUT2D eigenvalue weighted by atomic mass is 35.5. The van der Waals surface area contributed by atoms with Crippen molar-refractivity contribution in [3.63, 3.8) is 0 Å². The summed E-state index contributed by atoms with van der Waals surface area (Å²) in [6, 6.07) is 16.5. The van der Waals surface area contributed by atoms with Crippen molar-refractivity contribution in [1.29, 1.82) is 0 Å². The third-order valence-corrected chi connectivity index (χ3v) is 4.79. The molecule has 0 aliphatic carbocycles. The summed E-state index contributed by atoms with van der Waals surface area (Å²) in [6.45, 7) is 3.08. The van der Waals surface area contributed by atoms with Gasteiger partial charge in [-0.05, 0) is 49.1 Å². The second-order valence-electron chi connectivity index (χ2n) is 6.56. The number of hydrogen-bond donors (Lipinski definition) is 0. The number of ether oxygens (including phenoxy) is 1. The van der Waals surface area contributed by atoms with E-state index in [9.17, 15) is 9.59 Å². The highest BCUT2D eigenvalue weighted by molar-refractivity contribution is 6.30. The van der Waals surface area contributed by atoms with Gasteiger partial charge in [-0.1, -0.05) is 54.1 Å². The quantitative estimate of drug-likeness (QED) is 0.436. The van der Waals surface area contributed by atoms with Gasteiger partial charge >= 0.3 is 5.97 Å². The highest BCUT2D eigenvalue weighted by Crippen LogP contribution is 2.23. The lowest BCUT2D eigenvalue weighted by Crippen LogP contribution is -2.38. The van der Waals surface area contributed by atoms with E-state index in [4.69, 9.17) is 16.3 Å². The molecule has 0 bridgehead atoms. The highest BCUT2D eigenvalue weighted by Gasteiger charge is 2.27. The summed E-state index contributed by atoms with van der Waals surface area (Å²) in [6.07, 6.45) is 2.94. The lowest BCUT2D eigenvalue weighted by atomic mass is 10.0. The standard InChI is InChI=1S/C22H22ClNO3/c1-16(21(25)24-13-5-6-14-24)27-22(26)20(15-17-7-3-2-4-8-17)18-9-11-19(23)12-10-18/h2-4,7-12,15-16H,5-6,13-14H2,1H3/b20-15+. The number of amides is 1. The van der Waals surface area contributed by atoms with Crippen LogP contribution in [-0.2, 0) is 14.3 Å². The number of carbonyl (C=O) groups excluding carboxylic acids is 2. The van der Waals surface area contributed by atoms with Crippen LogP contribution in [0.3, 0.4) is 0 Å². The van der Waals surface area contributed by atoms with Crippen LogP contribution in [0.4, 0.5) is 0 Å². The molecule has 1 fully saturated rings. The van der Waals surface area contributed by atoms with Gasteiger partial charge < -0.3 is 9.64 Å². The van der Waals surface area contributed by atoms with E-state index >= 15 is 0 Å². The summed E-state index contributed by atoms with van der Waals surface area (Å²) in [4.78, 5) is 27.1. The predicted molar refractivity (Wildman–Crippen MR) is 107 cm³/mol. The Labute approximate surface area is 164 Å². The van der Waals surface area contributed by atoms with Crippen molar-refractivity contribution in [1.82, 2.24) is 4.90 Å². The molecule has 0 aromatic heterocycles. The number of likely N-dealkylation sites (tertiary alicyclic amines) is 1. The maximum Gasteiger partial charge on any atom is 0.339 e. The maximum atomic E-state index is 12.9. The van der Waals surface area contributed by atoms with Crippen LogP contribution in [0.25, 0.3) is 11.6 Å². The fraction of sp³-hybridized carbons (Fsp3) is 0.273. The molecule has 0 saturated carbocycles. The zero-order valence-electron chi connectivity index (χ0n) is 15.2. The molecule has 0 spiro atoms. The van der Waals surface area contributed by atoms with Crippen LogP contribution in [0, 0.1) is 0 Å². The molecule has 140 valence electrons. The van der Waals surface area contributed by atoms with Gasteiger partial charge in [-0.25, -0.2) is 4.79 Å². The van der Waals surface area contributed by atoms with E-state index in [1.165, 1.54) is 0 Å². The van der Waals surface area contributed by atoms with Gasteiger partial charge in [-0.3, -0.25) is 4.79 Å². The Morgan fingerprint density at radius 1 is 1.04 bits per heavy atom. The zero-order valence-corrected chi connectivity index (χ0v) is 16.0. The fourth-order valence-electron chi connectivity index (χ4n) is 3.07. The van der Waals surface area contributed by atoms with Gasteiger partial charge in [0.15, 0.2) is 6.10 Å². The smallest absolute Gasteiger partial charge is 0.339 e. The number of carbonyl (C=O) groups is 2. The summed E-state index contributed by atoms with van der Waals surface area (Å²) in [5.74, 6) is -0.669. The largest absolute Gasteiger partial charge is 0.449 e. The molecule has 1 saturated heterocycles. The lowest BCUT2D eigenvalue weighted by molar-refractivity contribution is -0.153. The second-order valence-corrected chi connectivity index (χ2v) is 6.99. The van der Waals surface area contributed by atoms with Gasteiger partial charge in [-0.15, -0.1) is 0 Å². The number of hydrogen-bond acceptors (Lipinski definition) is 3. The van der Waals surface area contributed by atoms with Crippen molar-refractivity contribution in [3.05, 3.63) is 70.7 Å². The Hall–Kier alpha value is -2.59. The van der Waals surface area contributed by atoms with Crippen molar-refractivity contribution >= 4 is 35.1 Å². The molecule has 2 aromatic rings. The van der Waals surface area contributed by atoms with E-state index in [0.717, 1.165) is 31.5 Å². The molecular weight excluding hydrogens is 362 g/mol. The first-order valence-corrected chi connectivity index (χ1v) is 9.45. The molecule has 27 heavy (non-hydrogen) atoms. The molecule has 1 unspecified atom stereocenters. The monoisotopic (exact) mass is 383 g/mol. The predicted octanol–water partition coefficient (Wildman–Crippen LogP) is 4.43. The number of benzene rings is 2. The number of halogens is 1. The number of nitrogens with zero attached hydrogens (tertiary/aromatic N) is 1. The van der Waals surface area contributed by atoms with Crippen molar-refractivity contribution in [2.24, 2.45) is 0 Å². The van der Waals surface area contributed by atoms with Crippen LogP contribution in [0.15, 0.2) is 54.6 Å². The first kappa shape index (κ1) is 19.2. The first-order chi connectivity index (χ1) is 13.0. The lowest BCUT2D eigenvalue weighted by Gasteiger charge is -2.21. The summed E-state index contributed by atoms with van der Waals surface area (Å²) >= 11 is 5.97. The molecule has 1 aliphatic heterocycles. The van der Waals surface area contributed by atoms with E-state index in [1.54, 1.807) is 42.2 Å². The molecule has 1 amide bonds. The van der Waals surface area contributed by atoms with Crippen molar-refractivity contribution in [2.75, 3.05) is 13.1 Å². The van der Waals surface area contributed by atoms with Crippen LogP contribution in [0.2, 0.25) is 5.02 Å². The fourth-order valence-corrected chi connectivity index (χ4v) is 3.20. The van der Waals surface area contributed by atoms with Crippen LogP contribution in [0.5, 0.6) is 0 Å². The van der Waals surface area contributed by atoms with Crippen LogP contribution < -0.4 is 0 Å². The van der Waals surface area contributed by atoms with Gasteiger partial charge in [0, 0.05) is 18.1 Å². The molecular formula is C22H22ClNO3. The third kappa shape index (κ3) is 4.98. The van der Waals surface area contributed by atoms with E-state index in [1.807, 2.05) is 30.3 Å². The number of rotatable bonds is 5. The molecule has 4 nitrogen and oxygen atoms in total. The van der Waals surface area contributed by atoms with E-state index < -0.39 is 12.1 Å². The Kier molecular flexibility index (Phi) is 6.30. The summed E-state index contributed by atoms with van der Waals surface area (Å²) in [7, 11) is 0. The molecule has 0 radical (unpaired) electrons. The summed E-state index contributed by atoms with van der Waals surface area (Å²) in [5.41, 5.74) is 1.95. The first-order valence-electron chi connectivity index (χ1n) is 9.07. The van der Waals surface area contributed by atoms with Crippen molar-refractivity contribution < 1.29 is 14.3 Å². The molecule has 1 heterocycles. The van der Waals surface area contributed by atoms with Gasteiger partial charge in [0.05, 0.1) is 5.57 Å². The van der Waals surface area contributed by atoms with Crippen LogP contribution in [0.1, 0.15) is 30.9 Å². The minimum Gasteiger partial charge on any atom is -0.449 e. The Morgan fingerprint density at radius 2 is 1.67 bits per heavy atom. The Bertz CT molecular complexity index is 824. The minimum absolute atomic E-state index is 0.143. The topological polar surface area (TPSA) is 46.6 Å². The van der Waals surface area contributed by atoms with Gasteiger partial charge in [-0.2, -0.15) is 0 Å². The van der Waals surface area contributed by atoms with Crippen LogP contribution in [-0.4, -0.2) is 36.0 Å². The third-order valence-electron chi connectivity index (χ3n) is 4.54. The van der Waals surface area contributed by atoms with E-state index in [-0.39, 0.29) is 5.91 Å². The molecule has 0 N–H and O–H groups in total. The number of esters is 1. The van der Waals surface area contributed by atoms with Crippen LogP contribution >= 0.6 is 11.6 Å². The molecule has 5 heteroatoms. The van der Waals surface area contributed by atoms with Gasteiger partial charge in [0.2, 0.25) is 0 Å². The molecule has 1 aliphatic rings. The summed E-state index contributed by atoms with van der Waals surface area (Å²) < 4.78 is 5.51. The average molecular weight is 384 g/mol. The van der Waals surface area contributed by atoms with Crippen molar-refractivity contribution in [2.45, 2.75) is 25.9 Å². The van der Waals surface area contributed by atoms with E-state index in [2.05, 4.69) is 0 Å². The minimum atomic E-state index is -0.818.